The third-order valence-corrected chi connectivity index (χ3v) is 3.83. The number of halogens is 2. The van der Waals surface area contributed by atoms with E-state index in [0.717, 1.165) is 10.0 Å². The molecule has 0 unspecified atom stereocenters. The first kappa shape index (κ1) is 15.4. The molecule has 2 N–H and O–H groups in total. The number of carbonyl (C=O) groups excluding carboxylic acids is 1. The quantitative estimate of drug-likeness (QED) is 0.794. The summed E-state index contributed by atoms with van der Waals surface area (Å²) < 4.78 is 0.749. The van der Waals surface area contributed by atoms with Crippen LogP contribution in [0.25, 0.3) is 0 Å². The van der Waals surface area contributed by atoms with E-state index in [1.165, 1.54) is 0 Å². The van der Waals surface area contributed by atoms with E-state index < -0.39 is 0 Å². The van der Waals surface area contributed by atoms with Crippen molar-refractivity contribution in [3.63, 3.8) is 0 Å². The maximum absolute atomic E-state index is 11.9. The monoisotopic (exact) mass is 363 g/mol. The van der Waals surface area contributed by atoms with Crippen LogP contribution in [-0.2, 0) is 0 Å². The first-order valence-electron chi connectivity index (χ1n) is 6.03. The number of nitrogens with zero attached hydrogens (tertiary/aromatic N) is 1. The number of hydrogen-bond acceptors (Lipinski definition) is 2. The Bertz CT molecular complexity index is 723. The van der Waals surface area contributed by atoms with E-state index in [1.54, 1.807) is 30.3 Å². The Labute approximate surface area is 135 Å². The third kappa shape index (κ3) is 3.97. The molecule has 21 heavy (non-hydrogen) atoms. The highest BCUT2D eigenvalue weighted by Gasteiger charge is 2.08. The summed E-state index contributed by atoms with van der Waals surface area (Å²) in [5, 5.41) is 14.7. The van der Waals surface area contributed by atoms with Crippen molar-refractivity contribution in [1.29, 1.82) is 5.26 Å². The lowest BCUT2D eigenvalue weighted by Gasteiger charge is -2.11. The fourth-order valence-corrected chi connectivity index (χ4v) is 2.38. The molecule has 2 amide bonds. The lowest BCUT2D eigenvalue weighted by Crippen LogP contribution is -2.19. The standard InChI is InChI=1S/C15H11BrClN3O/c1-9-6-12(16)14(7-13(9)17)20-15(21)19-11-4-2-10(8-18)3-5-11/h2-7H,1H3,(H2,19,20,21). The predicted octanol–water partition coefficient (Wildman–Crippen LogP) is 4.93. The zero-order valence-electron chi connectivity index (χ0n) is 11.1. The van der Waals surface area contributed by atoms with Gasteiger partial charge in [0.2, 0.25) is 0 Å². The largest absolute Gasteiger partial charge is 0.323 e. The van der Waals surface area contributed by atoms with Crippen molar-refractivity contribution in [2.75, 3.05) is 10.6 Å². The predicted molar refractivity (Wildman–Crippen MR) is 87.7 cm³/mol. The van der Waals surface area contributed by atoms with E-state index in [1.807, 2.05) is 19.1 Å². The van der Waals surface area contributed by atoms with Gasteiger partial charge in [-0.2, -0.15) is 5.26 Å². The van der Waals surface area contributed by atoms with E-state index in [-0.39, 0.29) is 6.03 Å². The Hall–Kier alpha value is -2.03. The van der Waals surface area contributed by atoms with Crippen molar-refractivity contribution in [3.05, 3.63) is 57.0 Å². The summed E-state index contributed by atoms with van der Waals surface area (Å²) in [7, 11) is 0. The zero-order valence-corrected chi connectivity index (χ0v) is 13.4. The molecule has 2 aromatic rings. The number of amides is 2. The maximum atomic E-state index is 11.9. The Morgan fingerprint density at radius 1 is 1.24 bits per heavy atom. The molecule has 106 valence electrons. The summed E-state index contributed by atoms with van der Waals surface area (Å²) in [5.41, 5.74) is 2.63. The minimum absolute atomic E-state index is 0.389. The lowest BCUT2D eigenvalue weighted by atomic mass is 10.2. The molecule has 0 radical (unpaired) electrons. The number of carbonyl (C=O) groups is 1. The summed E-state index contributed by atoms with van der Waals surface area (Å²) in [6, 6.07) is 11.7. The average Bonchev–Trinajstić information content (AvgIpc) is 2.45. The number of benzene rings is 2. The van der Waals surface area contributed by atoms with Gasteiger partial charge >= 0.3 is 6.03 Å². The SMILES string of the molecule is Cc1cc(Br)c(NC(=O)Nc2ccc(C#N)cc2)cc1Cl. The molecule has 6 heteroatoms. The topological polar surface area (TPSA) is 64.9 Å². The molecule has 0 aliphatic heterocycles. The van der Waals surface area contributed by atoms with Crippen LogP contribution in [0.3, 0.4) is 0 Å². The van der Waals surface area contributed by atoms with Crippen LogP contribution in [0.5, 0.6) is 0 Å². The van der Waals surface area contributed by atoms with Crippen LogP contribution in [0.15, 0.2) is 40.9 Å². The molecule has 0 fully saturated rings. The molecule has 2 aromatic carbocycles. The highest BCUT2D eigenvalue weighted by Crippen LogP contribution is 2.29. The number of rotatable bonds is 2. The van der Waals surface area contributed by atoms with Crippen LogP contribution in [0.4, 0.5) is 16.2 Å². The minimum Gasteiger partial charge on any atom is -0.308 e. The summed E-state index contributed by atoms with van der Waals surface area (Å²) in [4.78, 5) is 11.9. The Morgan fingerprint density at radius 2 is 1.90 bits per heavy atom. The fourth-order valence-electron chi connectivity index (χ4n) is 1.65. The molecule has 0 heterocycles. The lowest BCUT2D eigenvalue weighted by molar-refractivity contribution is 0.262. The second kappa shape index (κ2) is 6.61. The van der Waals surface area contributed by atoms with Gasteiger partial charge in [-0.3, -0.25) is 0 Å². The van der Waals surface area contributed by atoms with Gasteiger partial charge in [-0.05, 0) is 64.8 Å². The molecule has 0 saturated carbocycles. The van der Waals surface area contributed by atoms with E-state index in [2.05, 4.69) is 26.6 Å². The van der Waals surface area contributed by atoms with Gasteiger partial charge in [0, 0.05) is 15.2 Å². The molecule has 0 aliphatic rings. The first-order valence-corrected chi connectivity index (χ1v) is 7.20. The Kier molecular flexibility index (Phi) is 4.84. The Morgan fingerprint density at radius 3 is 2.52 bits per heavy atom. The van der Waals surface area contributed by atoms with Crippen LogP contribution < -0.4 is 10.6 Å². The molecule has 0 bridgehead atoms. The molecular formula is C15H11BrClN3O. The normalized spacial score (nSPS) is 9.81. The smallest absolute Gasteiger partial charge is 0.308 e. The number of nitriles is 1. The molecule has 0 saturated heterocycles. The summed E-state index contributed by atoms with van der Waals surface area (Å²) >= 11 is 9.42. The summed E-state index contributed by atoms with van der Waals surface area (Å²) in [5.74, 6) is 0. The molecule has 0 spiro atoms. The zero-order chi connectivity index (χ0) is 15.4. The number of urea groups is 1. The maximum Gasteiger partial charge on any atom is 0.323 e. The van der Waals surface area contributed by atoms with Gasteiger partial charge in [-0.15, -0.1) is 0 Å². The van der Waals surface area contributed by atoms with Crippen LogP contribution in [0.2, 0.25) is 5.02 Å². The van der Waals surface area contributed by atoms with Gasteiger partial charge in [-0.25, -0.2) is 4.79 Å². The molecular weight excluding hydrogens is 354 g/mol. The van der Waals surface area contributed by atoms with Crippen molar-refractivity contribution in [3.8, 4) is 6.07 Å². The van der Waals surface area contributed by atoms with E-state index in [0.29, 0.717) is 22.0 Å². The second-order valence-corrected chi connectivity index (χ2v) is 5.61. The van der Waals surface area contributed by atoms with E-state index in [9.17, 15) is 4.79 Å². The highest BCUT2D eigenvalue weighted by molar-refractivity contribution is 9.10. The molecule has 4 nitrogen and oxygen atoms in total. The number of hydrogen-bond donors (Lipinski definition) is 2. The van der Waals surface area contributed by atoms with E-state index >= 15 is 0 Å². The van der Waals surface area contributed by atoms with Crippen molar-refractivity contribution in [2.45, 2.75) is 6.92 Å². The van der Waals surface area contributed by atoms with Crippen molar-refractivity contribution < 1.29 is 4.79 Å². The Balaban J connectivity index is 2.08. The van der Waals surface area contributed by atoms with Crippen LogP contribution in [-0.4, -0.2) is 6.03 Å². The summed E-state index contributed by atoms with van der Waals surface area (Å²) in [6.45, 7) is 1.88. The van der Waals surface area contributed by atoms with Crippen molar-refractivity contribution in [1.82, 2.24) is 0 Å². The number of aryl methyl sites for hydroxylation is 1. The minimum atomic E-state index is -0.389. The van der Waals surface area contributed by atoms with Crippen molar-refractivity contribution in [2.24, 2.45) is 0 Å². The van der Waals surface area contributed by atoms with Gasteiger partial charge in [0.25, 0.3) is 0 Å². The van der Waals surface area contributed by atoms with Crippen LogP contribution in [0, 0.1) is 18.3 Å². The van der Waals surface area contributed by atoms with Gasteiger partial charge in [0.1, 0.15) is 0 Å². The first-order chi connectivity index (χ1) is 9.99. The van der Waals surface area contributed by atoms with Gasteiger partial charge in [0.15, 0.2) is 0 Å². The number of nitrogens with one attached hydrogen (secondary N) is 2. The fraction of sp³-hybridized carbons (Fsp3) is 0.0667. The summed E-state index contributed by atoms with van der Waals surface area (Å²) in [6.07, 6.45) is 0. The van der Waals surface area contributed by atoms with Crippen LogP contribution in [0.1, 0.15) is 11.1 Å². The second-order valence-electron chi connectivity index (χ2n) is 4.35. The van der Waals surface area contributed by atoms with Crippen molar-refractivity contribution >= 4 is 44.9 Å². The molecule has 2 rings (SSSR count). The molecule has 0 aliphatic carbocycles. The average molecular weight is 365 g/mol. The van der Waals surface area contributed by atoms with Gasteiger partial charge in [-0.1, -0.05) is 11.6 Å². The third-order valence-electron chi connectivity index (χ3n) is 2.77. The molecule has 0 aromatic heterocycles. The van der Waals surface area contributed by atoms with Crippen LogP contribution >= 0.6 is 27.5 Å². The van der Waals surface area contributed by atoms with Gasteiger partial charge < -0.3 is 10.6 Å². The van der Waals surface area contributed by atoms with Gasteiger partial charge in [0.05, 0.1) is 17.3 Å². The highest BCUT2D eigenvalue weighted by atomic mass is 79.9. The molecule has 0 atom stereocenters. The van der Waals surface area contributed by atoms with E-state index in [4.69, 9.17) is 16.9 Å². The number of anilines is 2.